The summed E-state index contributed by atoms with van der Waals surface area (Å²) in [5, 5.41) is 0. The summed E-state index contributed by atoms with van der Waals surface area (Å²) >= 11 is 4.30. The predicted molar refractivity (Wildman–Crippen MR) is 92.3 cm³/mol. The van der Waals surface area contributed by atoms with E-state index >= 15 is 0 Å². The molecule has 1 aliphatic rings. The number of thiol groups is 1. The fourth-order valence-electron chi connectivity index (χ4n) is 2.23. The molecule has 6 heteroatoms. The van der Waals surface area contributed by atoms with Crippen molar-refractivity contribution in [2.75, 3.05) is 39.2 Å². The van der Waals surface area contributed by atoms with Gasteiger partial charge in [-0.2, -0.15) is 12.6 Å². The van der Waals surface area contributed by atoms with Crippen molar-refractivity contribution in [3.05, 3.63) is 35.4 Å². The van der Waals surface area contributed by atoms with E-state index < -0.39 is 0 Å². The summed E-state index contributed by atoms with van der Waals surface area (Å²) < 4.78 is 5.06. The Morgan fingerprint density at radius 3 is 2.59 bits per heavy atom. The molecule has 0 radical (unpaired) electrons. The number of benzene rings is 1. The van der Waals surface area contributed by atoms with Crippen LogP contribution in [0.2, 0.25) is 0 Å². The molecule has 1 aromatic carbocycles. The molecule has 0 bridgehead atoms. The lowest BCUT2D eigenvalue weighted by molar-refractivity contribution is -0.0980. The highest BCUT2D eigenvalue weighted by Gasteiger charge is 2.26. The van der Waals surface area contributed by atoms with Gasteiger partial charge in [0.1, 0.15) is 6.79 Å². The van der Waals surface area contributed by atoms with Crippen LogP contribution in [0.4, 0.5) is 0 Å². The standard InChI is InChI=1S/C14H20N2O2S.CH2O.CH4/c1-18-9-8-15(11-19)6-7-16-10-12-4-2-3-5-13(12)14(16)17;1-2;/h2-5,19H,6-11H2,1H3;1H2;1H4. The Bertz CT molecular complexity index is 457. The van der Waals surface area contributed by atoms with E-state index in [0.29, 0.717) is 12.5 Å². The van der Waals surface area contributed by atoms with Crippen molar-refractivity contribution in [1.82, 2.24) is 9.80 Å². The lowest BCUT2D eigenvalue weighted by Gasteiger charge is -2.23. The second-order valence-electron chi connectivity index (χ2n) is 4.64. The predicted octanol–water partition coefficient (Wildman–Crippen LogP) is 1.93. The topological polar surface area (TPSA) is 49.9 Å². The van der Waals surface area contributed by atoms with Crippen molar-refractivity contribution >= 4 is 25.3 Å². The number of nitrogens with zero attached hydrogens (tertiary/aromatic N) is 2. The molecular weight excluding hydrogens is 300 g/mol. The minimum Gasteiger partial charge on any atom is -0.383 e. The third-order valence-corrected chi connectivity index (χ3v) is 3.79. The highest BCUT2D eigenvalue weighted by atomic mass is 32.1. The Kier molecular flexibility index (Phi) is 10.5. The van der Waals surface area contributed by atoms with Crippen LogP contribution in [0.3, 0.4) is 0 Å². The molecule has 0 saturated heterocycles. The van der Waals surface area contributed by atoms with Crippen LogP contribution in [-0.2, 0) is 16.1 Å². The minimum absolute atomic E-state index is 0. The van der Waals surface area contributed by atoms with Crippen molar-refractivity contribution in [3.8, 4) is 0 Å². The number of carbonyl (C=O) groups excluding carboxylic acids is 2. The van der Waals surface area contributed by atoms with Gasteiger partial charge < -0.3 is 14.4 Å². The molecule has 124 valence electrons. The number of hydrogen-bond donors (Lipinski definition) is 1. The quantitative estimate of drug-likeness (QED) is 0.614. The summed E-state index contributed by atoms with van der Waals surface area (Å²) in [5.41, 5.74) is 1.97. The lowest BCUT2D eigenvalue weighted by atomic mass is 10.1. The van der Waals surface area contributed by atoms with Crippen molar-refractivity contribution < 1.29 is 14.3 Å². The van der Waals surface area contributed by atoms with Gasteiger partial charge in [0.15, 0.2) is 0 Å². The Balaban J connectivity index is 0.00000141. The van der Waals surface area contributed by atoms with Crippen LogP contribution in [0.5, 0.6) is 0 Å². The van der Waals surface area contributed by atoms with Crippen molar-refractivity contribution in [1.29, 1.82) is 0 Å². The molecule has 0 atom stereocenters. The average Bonchev–Trinajstić information content (AvgIpc) is 2.86. The number of carbonyl (C=O) groups is 2. The number of fused-ring (bicyclic) bond motifs is 1. The van der Waals surface area contributed by atoms with Gasteiger partial charge in [0.25, 0.3) is 5.91 Å². The molecule has 1 aromatic rings. The Hall–Kier alpha value is -1.37. The lowest BCUT2D eigenvalue weighted by Crippen LogP contribution is -2.36. The number of rotatable bonds is 7. The normalized spacial score (nSPS) is 12.5. The van der Waals surface area contributed by atoms with E-state index in [9.17, 15) is 4.79 Å². The van der Waals surface area contributed by atoms with E-state index in [1.165, 1.54) is 0 Å². The third-order valence-electron chi connectivity index (χ3n) is 3.39. The van der Waals surface area contributed by atoms with Gasteiger partial charge in [-0.3, -0.25) is 9.69 Å². The van der Waals surface area contributed by atoms with Crippen LogP contribution in [0.25, 0.3) is 0 Å². The highest BCUT2D eigenvalue weighted by Crippen LogP contribution is 2.21. The summed E-state index contributed by atoms with van der Waals surface area (Å²) in [6, 6.07) is 7.82. The second kappa shape index (κ2) is 11.2. The molecule has 2 rings (SSSR count). The zero-order valence-electron chi connectivity index (χ0n) is 12.3. The van der Waals surface area contributed by atoms with Crippen LogP contribution in [0.15, 0.2) is 24.3 Å². The molecule has 1 aliphatic heterocycles. The Morgan fingerprint density at radius 1 is 1.32 bits per heavy atom. The fraction of sp³-hybridized carbons (Fsp3) is 0.500. The van der Waals surface area contributed by atoms with Gasteiger partial charge in [0.05, 0.1) is 6.61 Å². The third kappa shape index (κ3) is 5.44. The van der Waals surface area contributed by atoms with E-state index in [4.69, 9.17) is 9.53 Å². The van der Waals surface area contributed by atoms with Crippen molar-refractivity contribution in [2.45, 2.75) is 14.0 Å². The van der Waals surface area contributed by atoms with Crippen molar-refractivity contribution in [3.63, 3.8) is 0 Å². The highest BCUT2D eigenvalue weighted by molar-refractivity contribution is 7.80. The van der Waals surface area contributed by atoms with Gasteiger partial charge in [0, 0.05) is 44.7 Å². The number of hydrogen-bond acceptors (Lipinski definition) is 5. The molecule has 1 amide bonds. The summed E-state index contributed by atoms with van der Waals surface area (Å²) in [4.78, 5) is 24.2. The van der Waals surface area contributed by atoms with Crippen LogP contribution in [-0.4, -0.2) is 61.7 Å². The first-order valence-corrected chi connectivity index (χ1v) is 7.37. The molecule has 0 saturated carbocycles. The molecule has 22 heavy (non-hydrogen) atoms. The van der Waals surface area contributed by atoms with E-state index in [1.54, 1.807) is 7.11 Å². The largest absolute Gasteiger partial charge is 0.383 e. The summed E-state index contributed by atoms with van der Waals surface area (Å²) in [7, 11) is 1.69. The van der Waals surface area contributed by atoms with Gasteiger partial charge >= 0.3 is 0 Å². The van der Waals surface area contributed by atoms with E-state index in [1.807, 2.05) is 36.0 Å². The molecule has 0 aromatic heterocycles. The van der Waals surface area contributed by atoms with Crippen LogP contribution in [0, 0.1) is 0 Å². The Labute approximate surface area is 138 Å². The maximum absolute atomic E-state index is 12.2. The van der Waals surface area contributed by atoms with Gasteiger partial charge in [0.2, 0.25) is 0 Å². The second-order valence-corrected chi connectivity index (χ2v) is 4.92. The minimum atomic E-state index is 0. The monoisotopic (exact) mass is 326 g/mol. The van der Waals surface area contributed by atoms with Gasteiger partial charge in [-0.05, 0) is 11.6 Å². The first-order chi connectivity index (χ1) is 10.3. The average molecular weight is 326 g/mol. The van der Waals surface area contributed by atoms with E-state index in [0.717, 1.165) is 37.3 Å². The molecule has 0 fully saturated rings. The SMILES string of the molecule is C.C=O.COCCN(CS)CCN1Cc2ccccc2C1=O. The molecule has 0 spiro atoms. The molecule has 5 nitrogen and oxygen atoms in total. The smallest absolute Gasteiger partial charge is 0.254 e. The van der Waals surface area contributed by atoms with E-state index in [2.05, 4.69) is 17.5 Å². The molecular formula is C16H26N2O3S. The molecule has 1 heterocycles. The molecule has 0 aliphatic carbocycles. The van der Waals surface area contributed by atoms with Crippen molar-refractivity contribution in [2.24, 2.45) is 0 Å². The summed E-state index contributed by atoms with van der Waals surface area (Å²) in [6.07, 6.45) is 0. The van der Waals surface area contributed by atoms with E-state index in [-0.39, 0.29) is 13.3 Å². The maximum atomic E-state index is 12.2. The first kappa shape index (κ1) is 20.6. The summed E-state index contributed by atoms with van der Waals surface area (Å²) in [5.74, 6) is 0.819. The zero-order valence-corrected chi connectivity index (χ0v) is 13.2. The fourth-order valence-corrected chi connectivity index (χ4v) is 2.51. The number of ether oxygens (including phenoxy) is 1. The zero-order chi connectivity index (χ0) is 15.7. The number of methoxy groups -OCH3 is 1. The maximum Gasteiger partial charge on any atom is 0.254 e. The van der Waals surface area contributed by atoms with Crippen LogP contribution < -0.4 is 0 Å². The van der Waals surface area contributed by atoms with Crippen LogP contribution in [0.1, 0.15) is 23.3 Å². The summed E-state index contributed by atoms with van der Waals surface area (Å²) in [6.45, 7) is 5.81. The molecule has 0 unspecified atom stereocenters. The Morgan fingerprint density at radius 2 is 2.00 bits per heavy atom. The van der Waals surface area contributed by atoms with Gasteiger partial charge in [-0.15, -0.1) is 0 Å². The van der Waals surface area contributed by atoms with Gasteiger partial charge in [-0.1, -0.05) is 25.6 Å². The van der Waals surface area contributed by atoms with Crippen LogP contribution >= 0.6 is 12.6 Å². The number of amides is 1. The van der Waals surface area contributed by atoms with Gasteiger partial charge in [-0.25, -0.2) is 0 Å². The first-order valence-electron chi connectivity index (χ1n) is 6.74. The molecule has 0 N–H and O–H groups in total.